The monoisotopic (exact) mass is 253 g/mol. The van der Waals surface area contributed by atoms with Crippen molar-refractivity contribution >= 4 is 11.8 Å². The second-order valence-corrected chi connectivity index (χ2v) is 4.74. The third-order valence-electron chi connectivity index (χ3n) is 3.45. The van der Waals surface area contributed by atoms with Crippen molar-refractivity contribution in [1.29, 1.82) is 5.26 Å². The van der Waals surface area contributed by atoms with Crippen LogP contribution in [0.15, 0.2) is 0 Å². The Balaban J connectivity index is 2.76. The minimum atomic E-state index is -1.36. The second kappa shape index (κ2) is 5.83. The second-order valence-electron chi connectivity index (χ2n) is 4.74. The number of hydrogen-bond acceptors (Lipinski definition) is 4. The molecule has 0 aromatic rings. The van der Waals surface area contributed by atoms with Gasteiger partial charge in [-0.1, -0.05) is 12.8 Å². The molecule has 18 heavy (non-hydrogen) atoms. The molecule has 0 aromatic heterocycles. The van der Waals surface area contributed by atoms with Crippen LogP contribution >= 0.6 is 0 Å². The highest BCUT2D eigenvalue weighted by Crippen LogP contribution is 2.30. The molecule has 0 bridgehead atoms. The normalized spacial score (nSPS) is 26.7. The molecule has 6 heteroatoms. The third-order valence-corrected chi connectivity index (χ3v) is 3.45. The molecule has 0 spiro atoms. The van der Waals surface area contributed by atoms with E-state index in [0.29, 0.717) is 12.8 Å². The van der Waals surface area contributed by atoms with Gasteiger partial charge in [-0.15, -0.1) is 0 Å². The van der Waals surface area contributed by atoms with E-state index in [9.17, 15) is 9.59 Å². The van der Waals surface area contributed by atoms with Gasteiger partial charge in [-0.05, 0) is 19.8 Å². The largest absolute Gasteiger partial charge is 0.369 e. The van der Waals surface area contributed by atoms with E-state index in [4.69, 9.17) is 15.7 Å². The Bertz CT molecular complexity index is 377. The fourth-order valence-corrected chi connectivity index (χ4v) is 2.24. The van der Waals surface area contributed by atoms with Crippen molar-refractivity contribution in [3.05, 3.63) is 0 Å². The van der Waals surface area contributed by atoms with Crippen LogP contribution in [-0.2, 0) is 14.3 Å². The fraction of sp³-hybridized carbons (Fsp3) is 0.750. The lowest BCUT2D eigenvalue weighted by molar-refractivity contribution is -0.139. The molecule has 0 aromatic carbocycles. The van der Waals surface area contributed by atoms with Crippen molar-refractivity contribution < 1.29 is 14.3 Å². The van der Waals surface area contributed by atoms with Gasteiger partial charge in [0.25, 0.3) is 0 Å². The lowest BCUT2D eigenvalue weighted by atomic mass is 9.78. The molecule has 0 radical (unpaired) electrons. The van der Waals surface area contributed by atoms with Crippen LogP contribution in [0.5, 0.6) is 0 Å². The van der Waals surface area contributed by atoms with Crippen LogP contribution in [0.25, 0.3) is 0 Å². The SMILES string of the molecule is CO[C@](C)(C#N)NC(=O)[C@@H]1CCCC[C@@H]1C(N)=O. The Morgan fingerprint density at radius 1 is 1.39 bits per heavy atom. The molecule has 1 saturated carbocycles. The van der Waals surface area contributed by atoms with Gasteiger partial charge in [-0.3, -0.25) is 9.59 Å². The van der Waals surface area contributed by atoms with Gasteiger partial charge in [0.15, 0.2) is 0 Å². The number of methoxy groups -OCH3 is 1. The molecule has 0 aliphatic heterocycles. The molecule has 1 aliphatic rings. The Labute approximate surface area is 106 Å². The highest BCUT2D eigenvalue weighted by Gasteiger charge is 2.37. The van der Waals surface area contributed by atoms with Gasteiger partial charge in [0.2, 0.25) is 17.5 Å². The van der Waals surface area contributed by atoms with Gasteiger partial charge in [0.1, 0.15) is 6.07 Å². The quantitative estimate of drug-likeness (QED) is 0.702. The summed E-state index contributed by atoms with van der Waals surface area (Å²) in [5.74, 6) is -1.70. The molecule has 100 valence electrons. The lowest BCUT2D eigenvalue weighted by Gasteiger charge is -2.31. The first kappa shape index (κ1) is 14.5. The average Bonchev–Trinajstić information content (AvgIpc) is 2.38. The van der Waals surface area contributed by atoms with Crippen LogP contribution < -0.4 is 11.1 Å². The first-order valence-corrected chi connectivity index (χ1v) is 6.01. The van der Waals surface area contributed by atoms with Crippen LogP contribution in [0.3, 0.4) is 0 Å². The summed E-state index contributed by atoms with van der Waals surface area (Å²) >= 11 is 0. The molecule has 6 nitrogen and oxygen atoms in total. The molecule has 0 saturated heterocycles. The summed E-state index contributed by atoms with van der Waals surface area (Å²) in [6.07, 6.45) is 3.03. The van der Waals surface area contributed by atoms with Gasteiger partial charge in [0, 0.05) is 18.9 Å². The van der Waals surface area contributed by atoms with Gasteiger partial charge < -0.3 is 15.8 Å². The van der Waals surface area contributed by atoms with Crippen molar-refractivity contribution in [3.8, 4) is 6.07 Å². The Kier molecular flexibility index (Phi) is 4.68. The van der Waals surface area contributed by atoms with Gasteiger partial charge in [-0.2, -0.15) is 5.26 Å². The number of primary amides is 1. The van der Waals surface area contributed by atoms with Crippen molar-refractivity contribution in [2.45, 2.75) is 38.3 Å². The maximum atomic E-state index is 12.1. The number of amides is 2. The number of hydrogen-bond donors (Lipinski definition) is 2. The zero-order chi connectivity index (χ0) is 13.8. The number of nitrogens with two attached hydrogens (primary N) is 1. The molecule has 0 heterocycles. The van der Waals surface area contributed by atoms with Gasteiger partial charge in [0.05, 0.1) is 0 Å². The molecule has 1 rings (SSSR count). The number of carbonyl (C=O) groups excluding carboxylic acids is 2. The van der Waals surface area contributed by atoms with Crippen molar-refractivity contribution in [3.63, 3.8) is 0 Å². The fourth-order valence-electron chi connectivity index (χ4n) is 2.24. The highest BCUT2D eigenvalue weighted by molar-refractivity contribution is 5.87. The summed E-state index contributed by atoms with van der Waals surface area (Å²) in [6.45, 7) is 1.47. The molecule has 1 aliphatic carbocycles. The van der Waals surface area contributed by atoms with Crippen LogP contribution in [0, 0.1) is 23.2 Å². The molecule has 3 N–H and O–H groups in total. The number of carbonyl (C=O) groups is 2. The third kappa shape index (κ3) is 3.20. The van der Waals surface area contributed by atoms with Crippen molar-refractivity contribution in [2.75, 3.05) is 7.11 Å². The predicted molar refractivity (Wildman–Crippen MR) is 63.8 cm³/mol. The Morgan fingerprint density at radius 2 is 1.94 bits per heavy atom. The Hall–Kier alpha value is -1.61. The summed E-state index contributed by atoms with van der Waals surface area (Å²) in [4.78, 5) is 23.4. The molecular formula is C12H19N3O3. The minimum absolute atomic E-state index is 0.343. The van der Waals surface area contributed by atoms with Gasteiger partial charge in [-0.25, -0.2) is 0 Å². The van der Waals surface area contributed by atoms with E-state index in [-0.39, 0.29) is 5.91 Å². The summed E-state index contributed by atoms with van der Waals surface area (Å²) in [6, 6.07) is 1.87. The first-order valence-electron chi connectivity index (χ1n) is 6.01. The standard InChI is InChI=1S/C12H19N3O3/c1-12(7-13,18-2)15-11(17)9-6-4-3-5-8(9)10(14)16/h8-9H,3-6H2,1-2H3,(H2,14,16)(H,15,17)/t8-,9+,12+/m0/s1. The average molecular weight is 253 g/mol. The summed E-state index contributed by atoms with van der Waals surface area (Å²) in [5, 5.41) is 11.4. The van der Waals surface area contributed by atoms with E-state index in [0.717, 1.165) is 12.8 Å². The number of rotatable bonds is 4. The first-order chi connectivity index (χ1) is 8.43. The van der Waals surface area contributed by atoms with Gasteiger partial charge >= 0.3 is 0 Å². The highest BCUT2D eigenvalue weighted by atomic mass is 16.5. The van der Waals surface area contributed by atoms with Crippen LogP contribution in [0.1, 0.15) is 32.6 Å². The molecule has 2 amide bonds. The van der Waals surface area contributed by atoms with E-state index in [2.05, 4.69) is 5.32 Å². The maximum absolute atomic E-state index is 12.1. The van der Waals surface area contributed by atoms with E-state index >= 15 is 0 Å². The number of ether oxygens (including phenoxy) is 1. The smallest absolute Gasteiger partial charge is 0.227 e. The minimum Gasteiger partial charge on any atom is -0.369 e. The van der Waals surface area contributed by atoms with Crippen LogP contribution in [0.4, 0.5) is 0 Å². The lowest BCUT2D eigenvalue weighted by Crippen LogP contribution is -2.51. The van der Waals surface area contributed by atoms with Crippen LogP contribution in [-0.4, -0.2) is 24.6 Å². The zero-order valence-corrected chi connectivity index (χ0v) is 10.7. The number of nitriles is 1. The number of nitrogens with zero attached hydrogens (tertiary/aromatic N) is 1. The summed E-state index contributed by atoms with van der Waals surface area (Å²) in [7, 11) is 1.34. The van der Waals surface area contributed by atoms with E-state index in [1.54, 1.807) is 0 Å². The summed E-state index contributed by atoms with van der Waals surface area (Å²) in [5.41, 5.74) is 3.94. The zero-order valence-electron chi connectivity index (χ0n) is 10.7. The summed E-state index contributed by atoms with van der Waals surface area (Å²) < 4.78 is 4.93. The molecule has 3 atom stereocenters. The molecule has 0 unspecified atom stereocenters. The molecule has 1 fully saturated rings. The van der Waals surface area contributed by atoms with Crippen molar-refractivity contribution in [2.24, 2.45) is 17.6 Å². The Morgan fingerprint density at radius 3 is 2.39 bits per heavy atom. The van der Waals surface area contributed by atoms with Crippen LogP contribution in [0.2, 0.25) is 0 Å². The van der Waals surface area contributed by atoms with Crippen molar-refractivity contribution in [1.82, 2.24) is 5.32 Å². The molecular weight excluding hydrogens is 234 g/mol. The van der Waals surface area contributed by atoms with E-state index < -0.39 is 23.5 Å². The van der Waals surface area contributed by atoms with E-state index in [1.165, 1.54) is 14.0 Å². The number of nitrogens with one attached hydrogen (secondary N) is 1. The predicted octanol–water partition coefficient (Wildman–Crippen LogP) is 0.280. The topological polar surface area (TPSA) is 105 Å². The maximum Gasteiger partial charge on any atom is 0.227 e. The van der Waals surface area contributed by atoms with E-state index in [1.807, 2.05) is 6.07 Å².